The van der Waals surface area contributed by atoms with Crippen molar-refractivity contribution in [3.05, 3.63) is 0 Å². The third-order valence-corrected chi connectivity index (χ3v) is 2.48. The smallest absolute Gasteiger partial charge is 0.407 e. The second-order valence-electron chi connectivity index (χ2n) is 5.27. The second-order valence-corrected chi connectivity index (χ2v) is 5.27. The van der Waals surface area contributed by atoms with Crippen LogP contribution in [0.15, 0.2) is 0 Å². The Labute approximate surface area is 101 Å². The molecular weight excluding hydrogens is 224 g/mol. The van der Waals surface area contributed by atoms with Crippen molar-refractivity contribution in [2.75, 3.05) is 13.1 Å². The Hall–Kier alpha value is -1.30. The summed E-state index contributed by atoms with van der Waals surface area (Å²) in [7, 11) is 0. The molecule has 0 unspecified atom stereocenters. The van der Waals surface area contributed by atoms with Gasteiger partial charge in [0.2, 0.25) is 0 Å². The van der Waals surface area contributed by atoms with Gasteiger partial charge in [-0.15, -0.1) is 0 Å². The van der Waals surface area contributed by atoms with E-state index in [1.165, 1.54) is 0 Å². The van der Waals surface area contributed by atoms with Crippen molar-refractivity contribution in [2.45, 2.75) is 38.8 Å². The molecule has 3 N–H and O–H groups in total. The Kier molecular flexibility index (Phi) is 4.34. The van der Waals surface area contributed by atoms with Crippen LogP contribution in [0.2, 0.25) is 0 Å². The van der Waals surface area contributed by atoms with Crippen LogP contribution in [0.25, 0.3) is 0 Å². The van der Waals surface area contributed by atoms with Gasteiger partial charge in [0, 0.05) is 25.0 Å². The lowest BCUT2D eigenvalue weighted by molar-refractivity contribution is -0.138. The number of carbonyl (C=O) groups is 2. The molecule has 0 spiro atoms. The van der Waals surface area contributed by atoms with Gasteiger partial charge in [0.05, 0.1) is 6.42 Å². The number of alkyl carbamates (subject to hydrolysis) is 1. The molecule has 2 atom stereocenters. The number of nitrogens with one attached hydrogen (secondary N) is 2. The first-order valence-electron chi connectivity index (χ1n) is 5.70. The molecule has 1 heterocycles. The Morgan fingerprint density at radius 2 is 2.06 bits per heavy atom. The number of carboxylic acids is 1. The van der Waals surface area contributed by atoms with Gasteiger partial charge in [0.25, 0.3) is 0 Å². The van der Waals surface area contributed by atoms with Crippen LogP contribution < -0.4 is 10.6 Å². The number of aliphatic carboxylic acids is 1. The lowest BCUT2D eigenvalue weighted by atomic mass is 10.0. The molecule has 0 aromatic rings. The molecule has 1 aliphatic heterocycles. The van der Waals surface area contributed by atoms with E-state index in [4.69, 9.17) is 9.84 Å². The summed E-state index contributed by atoms with van der Waals surface area (Å²) in [5.41, 5.74) is -0.543. The van der Waals surface area contributed by atoms with E-state index in [0.717, 1.165) is 0 Å². The Morgan fingerprint density at radius 1 is 1.41 bits per heavy atom. The monoisotopic (exact) mass is 244 g/mol. The second kappa shape index (κ2) is 5.35. The molecule has 0 aromatic heterocycles. The Bertz CT molecular complexity index is 298. The first kappa shape index (κ1) is 13.8. The SMILES string of the molecule is CC(C)(C)OC(=O)N[C@H]1CNC[C@@H]1CC(=O)O. The van der Waals surface area contributed by atoms with Gasteiger partial charge in [0.15, 0.2) is 0 Å². The molecule has 1 aliphatic rings. The zero-order chi connectivity index (χ0) is 13.1. The van der Waals surface area contributed by atoms with Crippen molar-refractivity contribution in [3.8, 4) is 0 Å². The van der Waals surface area contributed by atoms with Gasteiger partial charge < -0.3 is 20.5 Å². The first-order chi connectivity index (χ1) is 7.78. The van der Waals surface area contributed by atoms with Crippen molar-refractivity contribution < 1.29 is 19.4 Å². The third-order valence-electron chi connectivity index (χ3n) is 2.48. The summed E-state index contributed by atoms with van der Waals surface area (Å²) in [5.74, 6) is -0.935. The normalized spacial score (nSPS) is 24.4. The molecule has 0 aliphatic carbocycles. The van der Waals surface area contributed by atoms with Crippen molar-refractivity contribution in [2.24, 2.45) is 5.92 Å². The van der Waals surface area contributed by atoms with E-state index < -0.39 is 17.7 Å². The largest absolute Gasteiger partial charge is 0.481 e. The van der Waals surface area contributed by atoms with E-state index in [1.54, 1.807) is 20.8 Å². The number of hydrogen-bond donors (Lipinski definition) is 3. The van der Waals surface area contributed by atoms with Gasteiger partial charge in [0.1, 0.15) is 5.60 Å². The molecule has 1 rings (SSSR count). The minimum Gasteiger partial charge on any atom is -0.481 e. The molecule has 1 saturated heterocycles. The number of ether oxygens (including phenoxy) is 1. The molecule has 0 bridgehead atoms. The molecule has 6 nitrogen and oxygen atoms in total. The van der Waals surface area contributed by atoms with Crippen molar-refractivity contribution >= 4 is 12.1 Å². The fraction of sp³-hybridized carbons (Fsp3) is 0.818. The molecule has 98 valence electrons. The molecule has 0 radical (unpaired) electrons. The van der Waals surface area contributed by atoms with E-state index in [2.05, 4.69) is 10.6 Å². The van der Waals surface area contributed by atoms with Crippen LogP contribution in [0.1, 0.15) is 27.2 Å². The summed E-state index contributed by atoms with van der Waals surface area (Å²) in [6, 6.07) is -0.180. The summed E-state index contributed by atoms with van der Waals surface area (Å²) in [6.45, 7) is 6.54. The topological polar surface area (TPSA) is 87.7 Å². The van der Waals surface area contributed by atoms with Crippen LogP contribution in [0.4, 0.5) is 4.79 Å². The van der Waals surface area contributed by atoms with Gasteiger partial charge in [-0.3, -0.25) is 4.79 Å². The van der Waals surface area contributed by atoms with Crippen LogP contribution in [-0.4, -0.2) is 41.9 Å². The van der Waals surface area contributed by atoms with Crippen LogP contribution in [0.3, 0.4) is 0 Å². The quantitative estimate of drug-likeness (QED) is 0.675. The summed E-state index contributed by atoms with van der Waals surface area (Å²) in [5, 5.41) is 14.5. The molecule has 0 aromatic carbocycles. The maximum atomic E-state index is 11.5. The van der Waals surface area contributed by atoms with E-state index in [9.17, 15) is 9.59 Å². The van der Waals surface area contributed by atoms with E-state index in [0.29, 0.717) is 13.1 Å². The number of rotatable bonds is 3. The van der Waals surface area contributed by atoms with Crippen molar-refractivity contribution in [1.29, 1.82) is 0 Å². The summed E-state index contributed by atoms with van der Waals surface area (Å²) in [4.78, 5) is 22.2. The van der Waals surface area contributed by atoms with Gasteiger partial charge >= 0.3 is 12.1 Å². The zero-order valence-corrected chi connectivity index (χ0v) is 10.4. The van der Waals surface area contributed by atoms with Crippen molar-refractivity contribution in [3.63, 3.8) is 0 Å². The lowest BCUT2D eigenvalue weighted by Crippen LogP contribution is -2.43. The van der Waals surface area contributed by atoms with Gasteiger partial charge in [-0.2, -0.15) is 0 Å². The van der Waals surface area contributed by atoms with E-state index in [-0.39, 0.29) is 18.4 Å². The predicted molar refractivity (Wildman–Crippen MR) is 61.8 cm³/mol. The summed E-state index contributed by atoms with van der Waals surface area (Å²) in [6.07, 6.45) is -0.449. The molecule has 1 amide bonds. The Balaban J connectivity index is 2.44. The summed E-state index contributed by atoms with van der Waals surface area (Å²) >= 11 is 0. The highest BCUT2D eigenvalue weighted by molar-refractivity contribution is 5.69. The van der Waals surface area contributed by atoms with Gasteiger partial charge in [-0.1, -0.05) is 0 Å². The number of carbonyl (C=O) groups excluding carboxylic acids is 1. The highest BCUT2D eigenvalue weighted by atomic mass is 16.6. The zero-order valence-electron chi connectivity index (χ0n) is 10.4. The summed E-state index contributed by atoms with van der Waals surface area (Å²) < 4.78 is 5.13. The molecular formula is C11H20N2O4. The highest BCUT2D eigenvalue weighted by Crippen LogP contribution is 2.14. The van der Waals surface area contributed by atoms with E-state index in [1.807, 2.05) is 0 Å². The minimum atomic E-state index is -0.852. The molecule has 1 fully saturated rings. The minimum absolute atomic E-state index is 0.0491. The molecule has 17 heavy (non-hydrogen) atoms. The third kappa shape index (κ3) is 5.04. The fourth-order valence-electron chi connectivity index (χ4n) is 1.80. The van der Waals surface area contributed by atoms with Crippen molar-refractivity contribution in [1.82, 2.24) is 10.6 Å². The molecule has 6 heteroatoms. The lowest BCUT2D eigenvalue weighted by Gasteiger charge is -2.23. The number of amides is 1. The maximum absolute atomic E-state index is 11.5. The molecule has 0 saturated carbocycles. The first-order valence-corrected chi connectivity index (χ1v) is 5.70. The predicted octanol–water partition coefficient (Wildman–Crippen LogP) is 0.574. The van der Waals surface area contributed by atoms with Crippen LogP contribution in [0, 0.1) is 5.92 Å². The fourth-order valence-corrected chi connectivity index (χ4v) is 1.80. The van der Waals surface area contributed by atoms with Gasteiger partial charge in [-0.25, -0.2) is 4.79 Å². The number of carboxylic acid groups (broad SMARTS) is 1. The van der Waals surface area contributed by atoms with E-state index >= 15 is 0 Å². The maximum Gasteiger partial charge on any atom is 0.407 e. The van der Waals surface area contributed by atoms with Gasteiger partial charge in [-0.05, 0) is 20.8 Å². The highest BCUT2D eigenvalue weighted by Gasteiger charge is 2.31. The standard InChI is InChI=1S/C11H20N2O4/c1-11(2,3)17-10(16)13-8-6-12-5-7(8)4-9(14)15/h7-8,12H,4-6H2,1-3H3,(H,13,16)(H,14,15)/t7-,8-/m0/s1. The Morgan fingerprint density at radius 3 is 2.59 bits per heavy atom. The van der Waals surface area contributed by atoms with Crippen LogP contribution in [0.5, 0.6) is 0 Å². The average molecular weight is 244 g/mol. The van der Waals surface area contributed by atoms with Crippen LogP contribution in [-0.2, 0) is 9.53 Å². The number of hydrogen-bond acceptors (Lipinski definition) is 4. The average Bonchev–Trinajstić information content (AvgIpc) is 2.47. The van der Waals surface area contributed by atoms with Crippen LogP contribution >= 0.6 is 0 Å².